The molecule has 1 aromatic heterocycles. The van der Waals surface area contributed by atoms with Crippen molar-refractivity contribution in [2.75, 3.05) is 13.7 Å². The molecule has 0 spiro atoms. The molecule has 5 nitrogen and oxygen atoms in total. The fraction of sp³-hybridized carbons (Fsp3) is 0.333. The highest BCUT2D eigenvalue weighted by atomic mass is 35.5. The quantitative estimate of drug-likeness (QED) is 0.768. The van der Waals surface area contributed by atoms with E-state index in [1.807, 2.05) is 0 Å². The van der Waals surface area contributed by atoms with Crippen LogP contribution in [0.1, 0.15) is 0 Å². The SMILES string of the molecule is COC(=O)C(N)COc1ncccc1Cl. The fourth-order valence-corrected chi connectivity index (χ4v) is 1.04. The van der Waals surface area contributed by atoms with Crippen LogP contribution < -0.4 is 10.5 Å². The molecule has 0 aliphatic carbocycles. The predicted molar refractivity (Wildman–Crippen MR) is 54.7 cm³/mol. The van der Waals surface area contributed by atoms with Gasteiger partial charge in [0.05, 0.1) is 7.11 Å². The van der Waals surface area contributed by atoms with Crippen LogP contribution in [0.25, 0.3) is 0 Å². The highest BCUT2D eigenvalue weighted by molar-refractivity contribution is 6.31. The largest absolute Gasteiger partial charge is 0.474 e. The number of nitrogens with two attached hydrogens (primary N) is 1. The first-order valence-corrected chi connectivity index (χ1v) is 4.59. The van der Waals surface area contributed by atoms with E-state index < -0.39 is 12.0 Å². The van der Waals surface area contributed by atoms with E-state index in [2.05, 4.69) is 9.72 Å². The Morgan fingerprint density at radius 3 is 3.07 bits per heavy atom. The summed E-state index contributed by atoms with van der Waals surface area (Å²) in [6, 6.07) is 2.47. The summed E-state index contributed by atoms with van der Waals surface area (Å²) in [5.41, 5.74) is 5.46. The summed E-state index contributed by atoms with van der Waals surface area (Å²) in [6.07, 6.45) is 1.53. The molecule has 0 amide bonds. The Kier molecular flexibility index (Phi) is 4.33. The molecule has 1 atom stereocenters. The third kappa shape index (κ3) is 3.38. The Balaban J connectivity index is 2.50. The average Bonchev–Trinajstić information content (AvgIpc) is 2.26. The summed E-state index contributed by atoms with van der Waals surface area (Å²) in [5.74, 6) is -0.291. The van der Waals surface area contributed by atoms with Gasteiger partial charge in [-0.05, 0) is 12.1 Å². The van der Waals surface area contributed by atoms with Crippen molar-refractivity contribution in [3.05, 3.63) is 23.4 Å². The molecule has 0 saturated carbocycles. The van der Waals surface area contributed by atoms with Crippen LogP contribution in [-0.2, 0) is 9.53 Å². The van der Waals surface area contributed by atoms with E-state index in [1.54, 1.807) is 12.1 Å². The van der Waals surface area contributed by atoms with Gasteiger partial charge < -0.3 is 15.2 Å². The van der Waals surface area contributed by atoms with Crippen molar-refractivity contribution < 1.29 is 14.3 Å². The maximum atomic E-state index is 10.9. The summed E-state index contributed by atoms with van der Waals surface area (Å²) in [6.45, 7) is -0.0244. The van der Waals surface area contributed by atoms with Gasteiger partial charge in [-0.25, -0.2) is 4.98 Å². The molecule has 82 valence electrons. The number of halogens is 1. The van der Waals surface area contributed by atoms with E-state index in [1.165, 1.54) is 13.3 Å². The lowest BCUT2D eigenvalue weighted by molar-refractivity contribution is -0.142. The van der Waals surface area contributed by atoms with Crippen molar-refractivity contribution >= 4 is 17.6 Å². The Bertz CT molecular complexity index is 346. The smallest absolute Gasteiger partial charge is 0.326 e. The Morgan fingerprint density at radius 1 is 1.73 bits per heavy atom. The van der Waals surface area contributed by atoms with Crippen molar-refractivity contribution in [3.63, 3.8) is 0 Å². The molecule has 0 fully saturated rings. The molecule has 0 aliphatic rings. The lowest BCUT2D eigenvalue weighted by Gasteiger charge is -2.10. The summed E-state index contributed by atoms with van der Waals surface area (Å²) in [7, 11) is 1.26. The van der Waals surface area contributed by atoms with Gasteiger partial charge in [0.1, 0.15) is 17.7 Å². The van der Waals surface area contributed by atoms with Gasteiger partial charge in [-0.1, -0.05) is 11.6 Å². The van der Waals surface area contributed by atoms with E-state index in [0.717, 1.165) is 0 Å². The molecule has 1 unspecified atom stereocenters. The van der Waals surface area contributed by atoms with Gasteiger partial charge >= 0.3 is 5.97 Å². The van der Waals surface area contributed by atoms with Crippen molar-refractivity contribution in [2.45, 2.75) is 6.04 Å². The molecular weight excluding hydrogens is 220 g/mol. The number of carbonyl (C=O) groups excluding carboxylic acids is 1. The normalized spacial score (nSPS) is 11.9. The highest BCUT2D eigenvalue weighted by Crippen LogP contribution is 2.19. The average molecular weight is 231 g/mol. The number of hydrogen-bond donors (Lipinski definition) is 1. The van der Waals surface area contributed by atoms with Crippen LogP contribution in [-0.4, -0.2) is 30.7 Å². The molecule has 1 heterocycles. The maximum Gasteiger partial charge on any atom is 0.326 e. The maximum absolute atomic E-state index is 10.9. The van der Waals surface area contributed by atoms with E-state index in [-0.39, 0.29) is 12.5 Å². The predicted octanol–water partition coefficient (Wildman–Crippen LogP) is 0.614. The second-order valence-electron chi connectivity index (χ2n) is 2.73. The molecule has 0 bridgehead atoms. The van der Waals surface area contributed by atoms with Gasteiger partial charge in [-0.3, -0.25) is 4.79 Å². The van der Waals surface area contributed by atoms with Crippen molar-refractivity contribution in [1.29, 1.82) is 0 Å². The van der Waals surface area contributed by atoms with Gasteiger partial charge in [-0.15, -0.1) is 0 Å². The zero-order chi connectivity index (χ0) is 11.3. The Hall–Kier alpha value is -1.33. The molecule has 6 heteroatoms. The van der Waals surface area contributed by atoms with Crippen LogP contribution in [0.5, 0.6) is 5.88 Å². The number of pyridine rings is 1. The van der Waals surface area contributed by atoms with Crippen LogP contribution in [0.15, 0.2) is 18.3 Å². The molecule has 2 N–H and O–H groups in total. The molecular formula is C9H11ClN2O3. The highest BCUT2D eigenvalue weighted by Gasteiger charge is 2.15. The summed E-state index contributed by atoms with van der Waals surface area (Å²) in [5, 5.41) is 0.370. The van der Waals surface area contributed by atoms with Crippen molar-refractivity contribution in [1.82, 2.24) is 4.98 Å². The van der Waals surface area contributed by atoms with E-state index >= 15 is 0 Å². The van der Waals surface area contributed by atoms with Crippen LogP contribution in [0, 0.1) is 0 Å². The van der Waals surface area contributed by atoms with Crippen LogP contribution in [0.4, 0.5) is 0 Å². The monoisotopic (exact) mass is 230 g/mol. The minimum Gasteiger partial charge on any atom is -0.474 e. The molecule has 0 saturated heterocycles. The molecule has 0 aliphatic heterocycles. The number of rotatable bonds is 4. The number of nitrogens with zero attached hydrogens (tertiary/aromatic N) is 1. The zero-order valence-electron chi connectivity index (χ0n) is 8.14. The number of hydrogen-bond acceptors (Lipinski definition) is 5. The van der Waals surface area contributed by atoms with E-state index in [9.17, 15) is 4.79 Å². The number of carbonyl (C=O) groups is 1. The van der Waals surface area contributed by atoms with Crippen molar-refractivity contribution in [3.8, 4) is 5.88 Å². The molecule has 15 heavy (non-hydrogen) atoms. The van der Waals surface area contributed by atoms with Gasteiger partial charge in [-0.2, -0.15) is 0 Å². The molecule has 1 aromatic rings. The first-order chi connectivity index (χ1) is 7.15. The van der Waals surface area contributed by atoms with Crippen LogP contribution in [0.2, 0.25) is 5.02 Å². The van der Waals surface area contributed by atoms with E-state index in [0.29, 0.717) is 5.02 Å². The Morgan fingerprint density at radius 2 is 2.47 bits per heavy atom. The van der Waals surface area contributed by atoms with Gasteiger partial charge in [0, 0.05) is 6.20 Å². The fourth-order valence-electron chi connectivity index (χ4n) is 0.866. The number of esters is 1. The minimum atomic E-state index is -0.840. The third-order valence-electron chi connectivity index (χ3n) is 1.63. The second kappa shape index (κ2) is 5.53. The summed E-state index contributed by atoms with van der Waals surface area (Å²) < 4.78 is 9.59. The van der Waals surface area contributed by atoms with Gasteiger partial charge in [0.25, 0.3) is 0 Å². The molecule has 1 rings (SSSR count). The lowest BCUT2D eigenvalue weighted by Crippen LogP contribution is -2.37. The van der Waals surface area contributed by atoms with E-state index in [4.69, 9.17) is 22.1 Å². The summed E-state index contributed by atoms with van der Waals surface area (Å²) >= 11 is 5.78. The van der Waals surface area contributed by atoms with Crippen molar-refractivity contribution in [2.24, 2.45) is 5.73 Å². The molecule has 0 aromatic carbocycles. The first kappa shape index (κ1) is 11.7. The number of ether oxygens (including phenoxy) is 2. The first-order valence-electron chi connectivity index (χ1n) is 4.22. The number of aromatic nitrogens is 1. The number of methoxy groups -OCH3 is 1. The third-order valence-corrected chi connectivity index (χ3v) is 1.92. The van der Waals surface area contributed by atoms with Crippen LogP contribution in [0.3, 0.4) is 0 Å². The standard InChI is InChI=1S/C9H11ClN2O3/c1-14-9(13)7(11)5-15-8-6(10)3-2-4-12-8/h2-4,7H,5,11H2,1H3. The van der Waals surface area contributed by atoms with Crippen LogP contribution >= 0.6 is 11.6 Å². The lowest BCUT2D eigenvalue weighted by atomic mass is 10.3. The second-order valence-corrected chi connectivity index (χ2v) is 3.14. The van der Waals surface area contributed by atoms with Gasteiger partial charge in [0.15, 0.2) is 0 Å². The Labute approximate surface area is 92.1 Å². The van der Waals surface area contributed by atoms with Gasteiger partial charge in [0.2, 0.25) is 5.88 Å². The molecule has 0 radical (unpaired) electrons. The minimum absolute atomic E-state index is 0.0244. The summed E-state index contributed by atoms with van der Waals surface area (Å²) in [4.78, 5) is 14.8. The topological polar surface area (TPSA) is 74.4 Å². The zero-order valence-corrected chi connectivity index (χ0v) is 8.90.